The van der Waals surface area contributed by atoms with Gasteiger partial charge in [0.05, 0.1) is 19.0 Å². The molecule has 1 N–H and O–H groups in total. The van der Waals surface area contributed by atoms with E-state index in [0.29, 0.717) is 18.1 Å². The number of halogens is 1. The summed E-state index contributed by atoms with van der Waals surface area (Å²) in [7, 11) is 1.58. The lowest BCUT2D eigenvalue weighted by atomic mass is 10.2. The molecule has 0 aliphatic heterocycles. The Hall–Kier alpha value is -2.93. The van der Waals surface area contributed by atoms with E-state index in [1.54, 1.807) is 25.5 Å². The molecule has 0 amide bonds. The molecule has 3 rings (SSSR count). The quantitative estimate of drug-likeness (QED) is 0.486. The lowest BCUT2D eigenvalue weighted by Crippen LogP contribution is -2.01. The van der Waals surface area contributed by atoms with E-state index >= 15 is 0 Å². The number of hydrogen-bond donors (Lipinski definition) is 1. The van der Waals surface area contributed by atoms with Crippen LogP contribution in [0.25, 0.3) is 0 Å². The minimum Gasteiger partial charge on any atom is -0.493 e. The number of hydrazone groups is 1. The van der Waals surface area contributed by atoms with Gasteiger partial charge < -0.3 is 9.47 Å². The van der Waals surface area contributed by atoms with Crippen LogP contribution in [-0.2, 0) is 6.61 Å². The fraction of sp³-hybridized carbons (Fsp3) is 0.158. The van der Waals surface area contributed by atoms with Crippen LogP contribution in [0.5, 0.6) is 11.5 Å². The van der Waals surface area contributed by atoms with Crippen LogP contribution >= 0.6 is 11.3 Å². The molecule has 7 heteroatoms. The number of benzene rings is 2. The number of rotatable bonds is 7. The van der Waals surface area contributed by atoms with Crippen molar-refractivity contribution in [2.75, 3.05) is 12.5 Å². The molecule has 0 radical (unpaired) electrons. The van der Waals surface area contributed by atoms with E-state index in [9.17, 15) is 4.39 Å². The summed E-state index contributed by atoms with van der Waals surface area (Å²) in [4.78, 5) is 4.29. The number of aryl methyl sites for hydroxylation is 1. The first-order chi connectivity index (χ1) is 12.7. The highest BCUT2D eigenvalue weighted by Gasteiger charge is 2.10. The highest BCUT2D eigenvalue weighted by Crippen LogP contribution is 2.31. The largest absolute Gasteiger partial charge is 0.493 e. The van der Waals surface area contributed by atoms with Crippen molar-refractivity contribution in [1.29, 1.82) is 0 Å². The van der Waals surface area contributed by atoms with Crippen molar-refractivity contribution < 1.29 is 13.9 Å². The first-order valence-corrected chi connectivity index (χ1v) is 8.79. The number of nitrogens with one attached hydrogen (secondary N) is 1. The van der Waals surface area contributed by atoms with Crippen molar-refractivity contribution in [3.63, 3.8) is 0 Å². The van der Waals surface area contributed by atoms with Gasteiger partial charge in [-0.2, -0.15) is 5.10 Å². The van der Waals surface area contributed by atoms with E-state index in [1.807, 2.05) is 30.5 Å². The second-order valence-electron chi connectivity index (χ2n) is 5.46. The molecule has 0 spiro atoms. The van der Waals surface area contributed by atoms with Gasteiger partial charge in [-0.25, -0.2) is 9.37 Å². The number of aromatic nitrogens is 1. The number of nitrogens with zero attached hydrogens (tertiary/aromatic N) is 2. The highest BCUT2D eigenvalue weighted by molar-refractivity contribution is 7.13. The van der Waals surface area contributed by atoms with Gasteiger partial charge >= 0.3 is 0 Å². The summed E-state index contributed by atoms with van der Waals surface area (Å²) >= 11 is 1.48. The van der Waals surface area contributed by atoms with Crippen LogP contribution in [0.15, 0.2) is 52.9 Å². The SMILES string of the molecule is COc1cccc(C=NNc2nc(C)cs2)c1OCc1ccc(F)cc1. The smallest absolute Gasteiger partial charge is 0.203 e. The van der Waals surface area contributed by atoms with Crippen LogP contribution in [0.3, 0.4) is 0 Å². The molecule has 0 saturated heterocycles. The van der Waals surface area contributed by atoms with E-state index in [1.165, 1.54) is 23.5 Å². The van der Waals surface area contributed by atoms with Gasteiger partial charge in [0.15, 0.2) is 11.5 Å². The van der Waals surface area contributed by atoms with Gasteiger partial charge in [-0.15, -0.1) is 11.3 Å². The highest BCUT2D eigenvalue weighted by atomic mass is 32.1. The normalized spacial score (nSPS) is 10.9. The molecule has 3 aromatic rings. The lowest BCUT2D eigenvalue weighted by Gasteiger charge is -2.13. The van der Waals surface area contributed by atoms with Crippen molar-refractivity contribution in [1.82, 2.24) is 4.98 Å². The predicted octanol–water partition coefficient (Wildman–Crippen LogP) is 4.62. The van der Waals surface area contributed by atoms with Crippen molar-refractivity contribution >= 4 is 22.7 Å². The summed E-state index contributed by atoms with van der Waals surface area (Å²) < 4.78 is 24.3. The van der Waals surface area contributed by atoms with Crippen LogP contribution in [-0.4, -0.2) is 18.3 Å². The van der Waals surface area contributed by atoms with Crippen molar-refractivity contribution in [3.8, 4) is 11.5 Å². The number of ether oxygens (including phenoxy) is 2. The molecule has 0 saturated carbocycles. The topological polar surface area (TPSA) is 55.7 Å². The average Bonchev–Trinajstić information content (AvgIpc) is 3.07. The maximum atomic E-state index is 13.0. The second-order valence-corrected chi connectivity index (χ2v) is 6.32. The van der Waals surface area contributed by atoms with Gasteiger partial charge in [0.25, 0.3) is 0 Å². The molecule has 0 unspecified atom stereocenters. The zero-order valence-corrected chi connectivity index (χ0v) is 15.2. The maximum Gasteiger partial charge on any atom is 0.203 e. The number of thiazole rings is 1. The molecule has 0 aliphatic carbocycles. The van der Waals surface area contributed by atoms with E-state index in [-0.39, 0.29) is 5.82 Å². The molecule has 26 heavy (non-hydrogen) atoms. The van der Waals surface area contributed by atoms with Gasteiger partial charge in [-0.05, 0) is 36.8 Å². The van der Waals surface area contributed by atoms with Crippen LogP contribution in [0.4, 0.5) is 9.52 Å². The van der Waals surface area contributed by atoms with Crippen LogP contribution < -0.4 is 14.9 Å². The molecule has 1 aromatic heterocycles. The summed E-state index contributed by atoms with van der Waals surface area (Å²) in [5, 5.41) is 6.88. The Kier molecular flexibility index (Phi) is 5.80. The van der Waals surface area contributed by atoms with Crippen molar-refractivity contribution in [2.24, 2.45) is 5.10 Å². The van der Waals surface area contributed by atoms with E-state index < -0.39 is 0 Å². The van der Waals surface area contributed by atoms with Gasteiger partial charge in [0.1, 0.15) is 12.4 Å². The Morgan fingerprint density at radius 3 is 2.73 bits per heavy atom. The van der Waals surface area contributed by atoms with E-state index in [0.717, 1.165) is 22.0 Å². The van der Waals surface area contributed by atoms with Crippen LogP contribution in [0, 0.1) is 12.7 Å². The predicted molar refractivity (Wildman–Crippen MR) is 102 cm³/mol. The minimum absolute atomic E-state index is 0.276. The first kappa shape index (κ1) is 17.9. The molecule has 0 bridgehead atoms. The van der Waals surface area contributed by atoms with E-state index in [4.69, 9.17) is 9.47 Å². The number of hydrogen-bond acceptors (Lipinski definition) is 6. The van der Waals surface area contributed by atoms with Gasteiger partial charge in [0.2, 0.25) is 5.13 Å². The monoisotopic (exact) mass is 371 g/mol. The number of anilines is 1. The summed E-state index contributed by atoms with van der Waals surface area (Å²) in [6.07, 6.45) is 1.65. The average molecular weight is 371 g/mol. The van der Waals surface area contributed by atoms with Crippen LogP contribution in [0.2, 0.25) is 0 Å². The number of para-hydroxylation sites is 1. The van der Waals surface area contributed by atoms with Gasteiger partial charge in [-0.1, -0.05) is 18.2 Å². The Balaban J connectivity index is 1.75. The summed E-state index contributed by atoms with van der Waals surface area (Å²) in [5.74, 6) is 0.892. The van der Waals surface area contributed by atoms with Crippen LogP contribution in [0.1, 0.15) is 16.8 Å². The molecule has 2 aromatic carbocycles. The van der Waals surface area contributed by atoms with Gasteiger partial charge in [0, 0.05) is 10.9 Å². The Bertz CT molecular complexity index is 894. The standard InChI is InChI=1S/C19H18FN3O2S/c1-13-12-26-19(22-13)23-21-10-15-4-3-5-17(24-2)18(15)25-11-14-6-8-16(20)9-7-14/h3-10,12H,11H2,1-2H3,(H,22,23). The van der Waals surface area contributed by atoms with Crippen molar-refractivity contribution in [2.45, 2.75) is 13.5 Å². The number of methoxy groups -OCH3 is 1. The molecule has 0 fully saturated rings. The third kappa shape index (κ3) is 4.58. The van der Waals surface area contributed by atoms with Gasteiger partial charge in [-0.3, -0.25) is 5.43 Å². The van der Waals surface area contributed by atoms with E-state index in [2.05, 4.69) is 15.5 Å². The molecule has 134 valence electrons. The lowest BCUT2D eigenvalue weighted by molar-refractivity contribution is 0.284. The maximum absolute atomic E-state index is 13.0. The Labute approximate surface area is 155 Å². The molecule has 0 atom stereocenters. The Morgan fingerprint density at radius 1 is 1.23 bits per heavy atom. The Morgan fingerprint density at radius 2 is 2.04 bits per heavy atom. The molecule has 0 aliphatic rings. The minimum atomic E-state index is -0.276. The van der Waals surface area contributed by atoms with Crippen molar-refractivity contribution in [3.05, 3.63) is 70.5 Å². The second kappa shape index (κ2) is 8.44. The fourth-order valence-corrected chi connectivity index (χ4v) is 2.89. The zero-order valence-electron chi connectivity index (χ0n) is 14.4. The summed E-state index contributed by atoms with van der Waals surface area (Å²) in [6.45, 7) is 2.22. The zero-order chi connectivity index (χ0) is 18.4. The third-order valence-corrected chi connectivity index (χ3v) is 4.37. The first-order valence-electron chi connectivity index (χ1n) is 7.91. The molecular weight excluding hydrogens is 353 g/mol. The molecule has 5 nitrogen and oxygen atoms in total. The molecular formula is C19H18FN3O2S. The summed E-state index contributed by atoms with van der Waals surface area (Å²) in [6, 6.07) is 11.7. The fourth-order valence-electron chi connectivity index (χ4n) is 2.25. The third-order valence-electron chi connectivity index (χ3n) is 3.51. The summed E-state index contributed by atoms with van der Waals surface area (Å²) in [5.41, 5.74) is 5.45. The molecule has 1 heterocycles.